The van der Waals surface area contributed by atoms with Crippen LogP contribution < -0.4 is 10.6 Å². The van der Waals surface area contributed by atoms with Gasteiger partial charge in [0.05, 0.1) is 4.92 Å². The van der Waals surface area contributed by atoms with E-state index in [1.807, 2.05) is 0 Å². The van der Waals surface area contributed by atoms with Crippen LogP contribution in [0.1, 0.15) is 12.8 Å². The van der Waals surface area contributed by atoms with Crippen molar-refractivity contribution in [2.24, 2.45) is 0 Å². The second-order valence-corrected chi connectivity index (χ2v) is 4.06. The number of nitrogens with one attached hydrogen (secondary N) is 2. The van der Waals surface area contributed by atoms with Crippen molar-refractivity contribution in [3.8, 4) is 0 Å². The van der Waals surface area contributed by atoms with Crippen molar-refractivity contribution in [3.63, 3.8) is 0 Å². The summed E-state index contributed by atoms with van der Waals surface area (Å²) in [6.07, 6.45) is 1.77. The smallest absolute Gasteiger partial charge is 0.327 e. The van der Waals surface area contributed by atoms with E-state index in [1.165, 1.54) is 6.07 Å². The maximum absolute atomic E-state index is 13.4. The van der Waals surface area contributed by atoms with E-state index >= 15 is 0 Å². The van der Waals surface area contributed by atoms with Gasteiger partial charge in [-0.05, 0) is 38.1 Å². The molecule has 1 heterocycles. The Labute approximate surface area is 98.2 Å². The van der Waals surface area contributed by atoms with Gasteiger partial charge in [0, 0.05) is 6.04 Å². The fraction of sp³-hybridized carbons (Fsp3) is 0.455. The topological polar surface area (TPSA) is 67.2 Å². The Morgan fingerprint density at radius 2 is 2.12 bits per heavy atom. The van der Waals surface area contributed by atoms with Gasteiger partial charge in [0.25, 0.3) is 0 Å². The van der Waals surface area contributed by atoms with Crippen LogP contribution in [0.2, 0.25) is 0 Å². The van der Waals surface area contributed by atoms with Gasteiger partial charge in [0.2, 0.25) is 5.82 Å². The lowest BCUT2D eigenvalue weighted by Gasteiger charge is -2.24. The lowest BCUT2D eigenvalue weighted by molar-refractivity contribution is -0.386. The van der Waals surface area contributed by atoms with Crippen LogP contribution in [0.25, 0.3) is 0 Å². The van der Waals surface area contributed by atoms with E-state index in [4.69, 9.17) is 0 Å². The number of halogens is 1. The Morgan fingerprint density at radius 3 is 2.76 bits per heavy atom. The number of hydrogen-bond donors (Lipinski definition) is 2. The lowest BCUT2D eigenvalue weighted by atomic mass is 10.1. The highest BCUT2D eigenvalue weighted by Gasteiger charge is 2.22. The van der Waals surface area contributed by atoms with Gasteiger partial charge in [-0.2, -0.15) is 4.39 Å². The van der Waals surface area contributed by atoms with Crippen LogP contribution in [0.15, 0.2) is 18.2 Å². The van der Waals surface area contributed by atoms with Gasteiger partial charge >= 0.3 is 5.69 Å². The van der Waals surface area contributed by atoms with Gasteiger partial charge in [0.15, 0.2) is 0 Å². The second kappa shape index (κ2) is 5.09. The number of piperidine rings is 1. The Kier molecular flexibility index (Phi) is 3.53. The first kappa shape index (κ1) is 11.8. The van der Waals surface area contributed by atoms with E-state index in [9.17, 15) is 14.5 Å². The molecule has 0 amide bonds. The summed E-state index contributed by atoms with van der Waals surface area (Å²) in [5.41, 5.74) is -0.201. The molecular weight excluding hydrogens is 225 g/mol. The maximum atomic E-state index is 13.4. The number of hydrogen-bond acceptors (Lipinski definition) is 4. The van der Waals surface area contributed by atoms with Crippen molar-refractivity contribution in [2.45, 2.75) is 18.9 Å². The predicted molar refractivity (Wildman–Crippen MR) is 62.6 cm³/mol. The number of rotatable bonds is 3. The molecule has 0 radical (unpaired) electrons. The van der Waals surface area contributed by atoms with Crippen LogP contribution in [0, 0.1) is 15.9 Å². The summed E-state index contributed by atoms with van der Waals surface area (Å²) in [6.45, 7) is 1.75. The summed E-state index contributed by atoms with van der Waals surface area (Å²) >= 11 is 0. The van der Waals surface area contributed by atoms with Crippen LogP contribution >= 0.6 is 0 Å². The summed E-state index contributed by atoms with van der Waals surface area (Å²) < 4.78 is 13.4. The normalized spacial score (nSPS) is 16.8. The Hall–Kier alpha value is -1.69. The maximum Gasteiger partial charge on any atom is 0.327 e. The van der Waals surface area contributed by atoms with Crippen LogP contribution in [0.3, 0.4) is 0 Å². The zero-order valence-corrected chi connectivity index (χ0v) is 9.28. The number of anilines is 1. The SMILES string of the molecule is O=[N+]([O-])c1c(F)cccc1NC1CCNCC1. The number of nitro benzene ring substituents is 1. The summed E-state index contributed by atoms with van der Waals surface area (Å²) in [6, 6.07) is 4.29. The van der Waals surface area contributed by atoms with Gasteiger partial charge in [0.1, 0.15) is 5.69 Å². The van der Waals surface area contributed by atoms with Gasteiger partial charge < -0.3 is 10.6 Å². The molecule has 1 saturated heterocycles. The van der Waals surface area contributed by atoms with Crippen LogP contribution in [0.5, 0.6) is 0 Å². The van der Waals surface area contributed by atoms with E-state index in [1.54, 1.807) is 6.07 Å². The molecule has 5 nitrogen and oxygen atoms in total. The van der Waals surface area contributed by atoms with Crippen LogP contribution in [-0.2, 0) is 0 Å². The van der Waals surface area contributed by atoms with Crippen molar-refractivity contribution in [1.29, 1.82) is 0 Å². The first-order valence-electron chi connectivity index (χ1n) is 5.58. The van der Waals surface area contributed by atoms with Crippen LogP contribution in [-0.4, -0.2) is 24.1 Å². The van der Waals surface area contributed by atoms with E-state index in [2.05, 4.69) is 10.6 Å². The predicted octanol–water partition coefficient (Wildman–Crippen LogP) is 1.90. The molecule has 0 aromatic heterocycles. The highest BCUT2D eigenvalue weighted by atomic mass is 19.1. The minimum absolute atomic E-state index is 0.164. The molecule has 92 valence electrons. The Morgan fingerprint density at radius 1 is 1.41 bits per heavy atom. The third-order valence-electron chi connectivity index (χ3n) is 2.87. The number of para-hydroxylation sites is 1. The molecule has 1 aliphatic rings. The fourth-order valence-electron chi connectivity index (χ4n) is 2.00. The first-order valence-corrected chi connectivity index (χ1v) is 5.58. The molecule has 1 fully saturated rings. The van der Waals surface area contributed by atoms with Crippen molar-refractivity contribution >= 4 is 11.4 Å². The average molecular weight is 239 g/mol. The van der Waals surface area contributed by atoms with E-state index in [-0.39, 0.29) is 11.7 Å². The highest BCUT2D eigenvalue weighted by Crippen LogP contribution is 2.28. The molecule has 0 aliphatic carbocycles. The highest BCUT2D eigenvalue weighted by molar-refractivity contribution is 5.62. The van der Waals surface area contributed by atoms with Crippen molar-refractivity contribution in [1.82, 2.24) is 5.32 Å². The molecule has 2 N–H and O–H groups in total. The monoisotopic (exact) mass is 239 g/mol. The van der Waals surface area contributed by atoms with Crippen molar-refractivity contribution in [2.75, 3.05) is 18.4 Å². The summed E-state index contributed by atoms with van der Waals surface area (Å²) in [5, 5.41) is 17.0. The van der Waals surface area contributed by atoms with E-state index in [0.29, 0.717) is 0 Å². The molecule has 6 heteroatoms. The first-order chi connectivity index (χ1) is 8.18. The van der Waals surface area contributed by atoms with Crippen molar-refractivity contribution < 1.29 is 9.31 Å². The molecule has 1 aromatic rings. The Bertz CT molecular complexity index is 419. The number of nitrogens with zero attached hydrogens (tertiary/aromatic N) is 1. The molecule has 0 spiro atoms. The molecule has 0 saturated carbocycles. The van der Waals surface area contributed by atoms with Gasteiger partial charge in [-0.3, -0.25) is 10.1 Å². The zero-order valence-electron chi connectivity index (χ0n) is 9.28. The molecular formula is C11H14FN3O2. The average Bonchev–Trinajstić information content (AvgIpc) is 2.30. The molecule has 17 heavy (non-hydrogen) atoms. The van der Waals surface area contributed by atoms with Crippen LogP contribution in [0.4, 0.5) is 15.8 Å². The number of nitro groups is 1. The van der Waals surface area contributed by atoms with Gasteiger partial charge in [-0.25, -0.2) is 0 Å². The lowest BCUT2D eigenvalue weighted by Crippen LogP contribution is -2.35. The summed E-state index contributed by atoms with van der Waals surface area (Å²) in [5.74, 6) is -0.797. The molecule has 1 aliphatic heterocycles. The van der Waals surface area contributed by atoms with Gasteiger partial charge in [-0.1, -0.05) is 6.07 Å². The minimum Gasteiger partial charge on any atom is -0.377 e. The summed E-state index contributed by atoms with van der Waals surface area (Å²) in [4.78, 5) is 10.1. The third-order valence-corrected chi connectivity index (χ3v) is 2.87. The van der Waals surface area contributed by atoms with Crippen molar-refractivity contribution in [3.05, 3.63) is 34.1 Å². The zero-order chi connectivity index (χ0) is 12.3. The summed E-state index contributed by atoms with van der Waals surface area (Å²) in [7, 11) is 0. The third kappa shape index (κ3) is 2.71. The fourth-order valence-corrected chi connectivity index (χ4v) is 2.00. The van der Waals surface area contributed by atoms with E-state index in [0.717, 1.165) is 32.0 Å². The number of benzene rings is 1. The molecule has 1 aromatic carbocycles. The van der Waals surface area contributed by atoms with E-state index < -0.39 is 16.4 Å². The Balaban J connectivity index is 2.19. The molecule has 0 bridgehead atoms. The minimum atomic E-state index is -0.797. The quantitative estimate of drug-likeness (QED) is 0.624. The molecule has 0 unspecified atom stereocenters. The standard InChI is InChI=1S/C11H14FN3O2/c12-9-2-1-3-10(11(9)15(16)17)14-8-4-6-13-7-5-8/h1-3,8,13-14H,4-7H2. The molecule has 2 rings (SSSR count). The largest absolute Gasteiger partial charge is 0.377 e. The van der Waals surface area contributed by atoms with Gasteiger partial charge in [-0.15, -0.1) is 0 Å². The second-order valence-electron chi connectivity index (χ2n) is 4.06. The molecule has 0 atom stereocenters.